The summed E-state index contributed by atoms with van der Waals surface area (Å²) in [6, 6.07) is 24.3. The van der Waals surface area contributed by atoms with Gasteiger partial charge >= 0.3 is 4.87 Å². The van der Waals surface area contributed by atoms with Gasteiger partial charge in [0.15, 0.2) is 0 Å². The van der Waals surface area contributed by atoms with Crippen LogP contribution in [0.25, 0.3) is 0 Å². The van der Waals surface area contributed by atoms with Crippen LogP contribution in [0.15, 0.2) is 88.7 Å². The van der Waals surface area contributed by atoms with Gasteiger partial charge in [-0.05, 0) is 47.5 Å². The maximum Gasteiger partial charge on any atom is 0.305 e. The SMILES string of the molecule is COc1ccc(N2C(=O)[C@H]3[C@H](c4cccc(OCc5ccccc5)c4)c4sc(=O)[nH]c4S[C@H]3C2=O)cc1. The minimum absolute atomic E-state index is 0.203. The Bertz CT molecular complexity index is 1530. The summed E-state index contributed by atoms with van der Waals surface area (Å²) in [7, 11) is 1.56. The number of hydrogen-bond acceptors (Lipinski definition) is 7. The highest BCUT2D eigenvalue weighted by molar-refractivity contribution is 8.00. The van der Waals surface area contributed by atoms with Gasteiger partial charge in [0.1, 0.15) is 23.4 Å². The minimum atomic E-state index is -0.650. The third-order valence-corrected chi connectivity index (χ3v) is 9.02. The number of aromatic nitrogens is 1. The highest BCUT2D eigenvalue weighted by Crippen LogP contribution is 2.53. The molecule has 7 nitrogen and oxygen atoms in total. The van der Waals surface area contributed by atoms with Crippen molar-refractivity contribution >= 4 is 40.6 Å². The molecule has 2 amide bonds. The average molecular weight is 531 g/mol. The Labute approximate surface area is 221 Å². The standard InChI is InChI=1S/C28H22N2O5S2/c1-34-19-12-10-18(11-13-19)30-26(31)22-21(23-25(29-28(33)37-23)36-24(22)27(30)32)17-8-5-9-20(14-17)35-15-16-6-3-2-4-7-16/h2-14,21-22,24H,15H2,1H3,(H,29,33)/t21-,22-,24+/m0/s1. The van der Waals surface area contributed by atoms with E-state index in [1.54, 1.807) is 31.4 Å². The van der Waals surface area contributed by atoms with Crippen molar-refractivity contribution in [3.05, 3.63) is 105 Å². The fourth-order valence-electron chi connectivity index (χ4n) is 4.90. The summed E-state index contributed by atoms with van der Waals surface area (Å²) in [5, 5.41) is 0.000771. The van der Waals surface area contributed by atoms with Gasteiger partial charge < -0.3 is 14.5 Å². The third kappa shape index (κ3) is 4.24. The lowest BCUT2D eigenvalue weighted by Gasteiger charge is -2.30. The summed E-state index contributed by atoms with van der Waals surface area (Å²) in [6.07, 6.45) is 0. The first-order chi connectivity index (χ1) is 18.0. The van der Waals surface area contributed by atoms with Crippen molar-refractivity contribution in [3.63, 3.8) is 0 Å². The predicted molar refractivity (Wildman–Crippen MR) is 143 cm³/mol. The quantitative estimate of drug-likeness (QED) is 0.360. The number of benzene rings is 3. The van der Waals surface area contributed by atoms with E-state index in [9.17, 15) is 14.4 Å². The number of hydrogen-bond donors (Lipinski definition) is 1. The molecule has 9 heteroatoms. The molecule has 0 aliphatic carbocycles. The first-order valence-electron chi connectivity index (χ1n) is 11.7. The molecule has 3 aromatic carbocycles. The maximum atomic E-state index is 13.8. The van der Waals surface area contributed by atoms with Gasteiger partial charge in [0.25, 0.3) is 0 Å². The molecule has 6 rings (SSSR count). The second-order valence-corrected chi connectivity index (χ2v) is 11.0. The van der Waals surface area contributed by atoms with Gasteiger partial charge in [-0.15, -0.1) is 0 Å². The molecule has 0 radical (unpaired) electrons. The van der Waals surface area contributed by atoms with Crippen LogP contribution in [0.4, 0.5) is 5.69 Å². The van der Waals surface area contributed by atoms with Crippen molar-refractivity contribution in [3.8, 4) is 11.5 Å². The Hall–Kier alpha value is -3.82. The van der Waals surface area contributed by atoms with Crippen molar-refractivity contribution in [2.75, 3.05) is 12.0 Å². The van der Waals surface area contributed by atoms with Crippen molar-refractivity contribution in [2.24, 2.45) is 5.92 Å². The highest BCUT2D eigenvalue weighted by atomic mass is 32.2. The molecule has 0 unspecified atom stereocenters. The zero-order valence-corrected chi connectivity index (χ0v) is 21.4. The summed E-state index contributed by atoms with van der Waals surface area (Å²) < 4.78 is 11.3. The molecule has 1 aromatic heterocycles. The zero-order chi connectivity index (χ0) is 25.5. The molecular weight excluding hydrogens is 508 g/mol. The molecule has 1 fully saturated rings. The van der Waals surface area contributed by atoms with Gasteiger partial charge in [-0.2, -0.15) is 0 Å². The number of nitrogens with one attached hydrogen (secondary N) is 1. The first-order valence-corrected chi connectivity index (χ1v) is 13.4. The summed E-state index contributed by atoms with van der Waals surface area (Å²) in [6.45, 7) is 0.405. The number of nitrogens with zero attached hydrogens (tertiary/aromatic N) is 1. The van der Waals surface area contributed by atoms with E-state index < -0.39 is 17.1 Å². The summed E-state index contributed by atoms with van der Waals surface area (Å²) in [5.41, 5.74) is 2.37. The van der Waals surface area contributed by atoms with Gasteiger partial charge in [-0.25, -0.2) is 4.90 Å². The number of fused-ring (bicyclic) bond motifs is 2. The fraction of sp³-hybridized carbons (Fsp3) is 0.179. The van der Waals surface area contributed by atoms with Crippen LogP contribution in [0.1, 0.15) is 21.9 Å². The average Bonchev–Trinajstić information content (AvgIpc) is 3.42. The third-order valence-electron chi connectivity index (χ3n) is 6.62. The molecule has 4 aromatic rings. The number of ether oxygens (including phenoxy) is 2. The van der Waals surface area contributed by atoms with Crippen LogP contribution in [0, 0.1) is 5.92 Å². The van der Waals surface area contributed by atoms with Gasteiger partial charge in [0.2, 0.25) is 11.8 Å². The number of amides is 2. The summed E-state index contributed by atoms with van der Waals surface area (Å²) in [5.74, 6) is -0.374. The topological polar surface area (TPSA) is 88.7 Å². The Morgan fingerprint density at radius 1 is 0.892 bits per heavy atom. The molecule has 2 aliphatic heterocycles. The number of carbonyl (C=O) groups excluding carboxylic acids is 2. The van der Waals surface area contributed by atoms with Crippen LogP contribution in [-0.4, -0.2) is 29.2 Å². The van der Waals surface area contributed by atoms with Crippen molar-refractivity contribution < 1.29 is 19.1 Å². The van der Waals surface area contributed by atoms with Crippen LogP contribution in [-0.2, 0) is 16.2 Å². The van der Waals surface area contributed by atoms with Crippen LogP contribution < -0.4 is 19.2 Å². The Kier molecular flexibility index (Phi) is 6.10. The van der Waals surface area contributed by atoms with E-state index in [4.69, 9.17) is 9.47 Å². The second-order valence-electron chi connectivity index (χ2n) is 8.81. The number of imide groups is 1. The monoisotopic (exact) mass is 530 g/mol. The van der Waals surface area contributed by atoms with Crippen molar-refractivity contribution in [1.29, 1.82) is 0 Å². The normalized spacial score (nSPS) is 20.5. The molecule has 1 N–H and O–H groups in total. The van der Waals surface area contributed by atoms with E-state index in [2.05, 4.69) is 4.98 Å². The largest absolute Gasteiger partial charge is 0.497 e. The Morgan fingerprint density at radius 3 is 2.43 bits per heavy atom. The van der Waals surface area contributed by atoms with E-state index in [0.29, 0.717) is 28.8 Å². The lowest BCUT2D eigenvalue weighted by atomic mass is 9.83. The molecule has 37 heavy (non-hydrogen) atoms. The maximum absolute atomic E-state index is 13.8. The number of methoxy groups -OCH3 is 1. The van der Waals surface area contributed by atoms with E-state index >= 15 is 0 Å². The second kappa shape index (κ2) is 9.57. The number of thiazole rings is 1. The van der Waals surface area contributed by atoms with Gasteiger partial charge in [0, 0.05) is 10.8 Å². The van der Waals surface area contributed by atoms with E-state index in [0.717, 1.165) is 27.3 Å². The Morgan fingerprint density at radius 2 is 1.68 bits per heavy atom. The molecule has 186 valence electrons. The van der Waals surface area contributed by atoms with Gasteiger partial charge in [0.05, 0.1) is 23.7 Å². The Balaban J connectivity index is 1.37. The van der Waals surface area contributed by atoms with Gasteiger partial charge in [-0.3, -0.25) is 14.4 Å². The van der Waals surface area contributed by atoms with Crippen molar-refractivity contribution in [2.45, 2.75) is 22.8 Å². The van der Waals surface area contributed by atoms with E-state index in [1.165, 1.54) is 16.7 Å². The lowest BCUT2D eigenvalue weighted by Crippen LogP contribution is -2.32. The highest BCUT2D eigenvalue weighted by Gasteiger charge is 2.56. The van der Waals surface area contributed by atoms with Gasteiger partial charge in [-0.1, -0.05) is 65.6 Å². The lowest BCUT2D eigenvalue weighted by molar-refractivity contribution is -0.122. The molecule has 1 saturated heterocycles. The minimum Gasteiger partial charge on any atom is -0.497 e. The molecule has 0 spiro atoms. The number of carbonyl (C=O) groups is 2. The number of rotatable bonds is 6. The molecule has 3 atom stereocenters. The van der Waals surface area contributed by atoms with Crippen LogP contribution in [0.3, 0.4) is 0 Å². The molecule has 0 bridgehead atoms. The van der Waals surface area contributed by atoms with Crippen molar-refractivity contribution in [1.82, 2.24) is 4.98 Å². The van der Waals surface area contributed by atoms with E-state index in [1.807, 2.05) is 54.6 Å². The number of H-pyrrole nitrogens is 1. The van der Waals surface area contributed by atoms with Crippen LogP contribution in [0.2, 0.25) is 0 Å². The van der Waals surface area contributed by atoms with Crippen LogP contribution in [0.5, 0.6) is 11.5 Å². The fourth-order valence-corrected chi connectivity index (χ4v) is 7.42. The predicted octanol–water partition coefficient (Wildman–Crippen LogP) is 4.82. The van der Waals surface area contributed by atoms with E-state index in [-0.39, 0.29) is 16.7 Å². The molecule has 2 aliphatic rings. The first kappa shape index (κ1) is 23.6. The number of anilines is 1. The molecule has 3 heterocycles. The summed E-state index contributed by atoms with van der Waals surface area (Å²) in [4.78, 5) is 44.4. The number of thioether (sulfide) groups is 1. The summed E-state index contributed by atoms with van der Waals surface area (Å²) >= 11 is 2.36. The van der Waals surface area contributed by atoms with Crippen LogP contribution >= 0.6 is 23.1 Å². The molecular formula is C28H22N2O5S2. The smallest absolute Gasteiger partial charge is 0.305 e. The molecule has 0 saturated carbocycles. The zero-order valence-electron chi connectivity index (χ0n) is 19.7. The number of aromatic amines is 1.